The van der Waals surface area contributed by atoms with Crippen molar-refractivity contribution in [2.45, 2.75) is 24.2 Å². The lowest BCUT2D eigenvalue weighted by Gasteiger charge is -2.20. The van der Waals surface area contributed by atoms with Crippen molar-refractivity contribution in [3.8, 4) is 0 Å². The Morgan fingerprint density at radius 2 is 1.62 bits per heavy atom. The predicted molar refractivity (Wildman–Crippen MR) is 42.4 cm³/mol. The molecule has 0 spiro atoms. The first kappa shape index (κ1) is 7.12. The molecule has 46 valence electrons. The van der Waals surface area contributed by atoms with Crippen LogP contribution in [0.3, 0.4) is 0 Å². The van der Waals surface area contributed by atoms with Gasteiger partial charge >= 0.3 is 0 Å². The molecule has 0 nitrogen and oxygen atoms in total. The fourth-order valence-corrected chi connectivity index (χ4v) is 9.03. The number of halogens is 2. The second kappa shape index (κ2) is 2.73. The summed E-state index contributed by atoms with van der Waals surface area (Å²) < 4.78 is 0. The summed E-state index contributed by atoms with van der Waals surface area (Å²) >= 11 is 12.0. The monoisotopic (exact) mass is 182 g/mol. The fourth-order valence-electron chi connectivity index (χ4n) is 0.793. The third kappa shape index (κ3) is 2.09. The van der Waals surface area contributed by atoms with E-state index in [0.29, 0.717) is 0 Å². The first-order valence-electron chi connectivity index (χ1n) is 2.79. The Morgan fingerprint density at radius 1 is 1.12 bits per heavy atom. The van der Waals surface area contributed by atoms with Crippen LogP contribution in [0, 0.1) is 0 Å². The molecule has 0 aromatic heterocycles. The smallest absolute Gasteiger partial charge is 0.146 e. The third-order valence-electron chi connectivity index (χ3n) is 1.34. The summed E-state index contributed by atoms with van der Waals surface area (Å²) in [5, 5.41) is 0. The van der Waals surface area contributed by atoms with Gasteiger partial charge in [-0.25, -0.2) is 0 Å². The van der Waals surface area contributed by atoms with E-state index in [9.17, 15) is 0 Å². The van der Waals surface area contributed by atoms with Gasteiger partial charge in [-0.05, 0) is 12.1 Å². The van der Waals surface area contributed by atoms with Crippen molar-refractivity contribution < 1.29 is 0 Å². The molecule has 1 aliphatic rings. The lowest BCUT2D eigenvalue weighted by molar-refractivity contribution is 1.23. The van der Waals surface area contributed by atoms with Crippen LogP contribution >= 0.6 is 22.2 Å². The Kier molecular flexibility index (Phi) is 2.43. The SMILES string of the molecule is Cl[Si]1(Cl)CC[Si]CC1. The molecule has 0 bridgehead atoms. The van der Waals surface area contributed by atoms with Gasteiger partial charge in [-0.15, -0.1) is 22.2 Å². The first-order valence-corrected chi connectivity index (χ1v) is 8.64. The van der Waals surface area contributed by atoms with E-state index in [-0.39, 0.29) is 0 Å². The van der Waals surface area contributed by atoms with Gasteiger partial charge in [0.2, 0.25) is 0 Å². The normalized spacial score (nSPS) is 27.8. The molecule has 2 radical (unpaired) electrons. The molecule has 1 rings (SSSR count). The minimum atomic E-state index is -1.64. The van der Waals surface area contributed by atoms with E-state index in [1.165, 1.54) is 12.1 Å². The highest BCUT2D eigenvalue weighted by Gasteiger charge is 2.29. The molecule has 8 heavy (non-hydrogen) atoms. The molecule has 0 unspecified atom stereocenters. The maximum atomic E-state index is 5.98. The minimum absolute atomic E-state index is 1.13. The van der Waals surface area contributed by atoms with Crippen LogP contribution in [0.25, 0.3) is 0 Å². The second-order valence-corrected chi connectivity index (χ2v) is 11.2. The molecule has 0 amide bonds. The van der Waals surface area contributed by atoms with Crippen molar-refractivity contribution in [1.29, 1.82) is 0 Å². The third-order valence-corrected chi connectivity index (χ3v) is 7.77. The Balaban J connectivity index is 2.33. The van der Waals surface area contributed by atoms with Crippen molar-refractivity contribution in [2.75, 3.05) is 0 Å². The van der Waals surface area contributed by atoms with Crippen LogP contribution in [0.4, 0.5) is 0 Å². The summed E-state index contributed by atoms with van der Waals surface area (Å²) in [5.41, 5.74) is 0. The quantitative estimate of drug-likeness (QED) is 0.399. The molecule has 1 aliphatic heterocycles. The molecular weight excluding hydrogens is 175 g/mol. The number of hydrogen-bond donors (Lipinski definition) is 0. The van der Waals surface area contributed by atoms with Crippen LogP contribution in [0.1, 0.15) is 0 Å². The van der Waals surface area contributed by atoms with E-state index >= 15 is 0 Å². The molecule has 0 atom stereocenters. The molecule has 0 N–H and O–H groups in total. The lowest BCUT2D eigenvalue weighted by Crippen LogP contribution is -2.23. The van der Waals surface area contributed by atoms with Gasteiger partial charge in [0.1, 0.15) is 0 Å². The van der Waals surface area contributed by atoms with Gasteiger partial charge in [0.05, 0.1) is 0 Å². The van der Waals surface area contributed by atoms with Crippen LogP contribution in [0.2, 0.25) is 24.2 Å². The van der Waals surface area contributed by atoms with Crippen molar-refractivity contribution in [2.24, 2.45) is 0 Å². The maximum Gasteiger partial charge on any atom is 0.250 e. The summed E-state index contributed by atoms with van der Waals surface area (Å²) in [6.07, 6.45) is 0. The topological polar surface area (TPSA) is 0 Å². The standard InChI is InChI=1S/C4H8Cl2Si2/c5-8(6)3-1-7-2-4-8/h1-4H2. The van der Waals surface area contributed by atoms with Crippen molar-refractivity contribution in [1.82, 2.24) is 0 Å². The molecular formula is C4H8Cl2Si2. The largest absolute Gasteiger partial charge is 0.250 e. The summed E-state index contributed by atoms with van der Waals surface area (Å²) in [5.74, 6) is 0. The molecule has 4 heteroatoms. The zero-order valence-corrected chi connectivity index (χ0v) is 8.10. The van der Waals surface area contributed by atoms with Crippen LogP contribution in [0.5, 0.6) is 0 Å². The molecule has 0 aromatic carbocycles. The zero-order valence-electron chi connectivity index (χ0n) is 4.58. The zero-order chi connectivity index (χ0) is 6.04. The van der Waals surface area contributed by atoms with Gasteiger partial charge in [0.25, 0.3) is 6.69 Å². The lowest BCUT2D eigenvalue weighted by atomic mass is 10.9. The van der Waals surface area contributed by atoms with E-state index in [0.717, 1.165) is 21.6 Å². The summed E-state index contributed by atoms with van der Waals surface area (Å²) in [4.78, 5) is 0. The van der Waals surface area contributed by atoms with Gasteiger partial charge in [-0.3, -0.25) is 0 Å². The Morgan fingerprint density at radius 3 is 1.88 bits per heavy atom. The maximum absolute atomic E-state index is 5.98. The number of hydrogen-bond acceptors (Lipinski definition) is 0. The van der Waals surface area contributed by atoms with Gasteiger partial charge in [0, 0.05) is 9.52 Å². The van der Waals surface area contributed by atoms with Crippen LogP contribution in [-0.4, -0.2) is 16.2 Å². The predicted octanol–water partition coefficient (Wildman–Crippen LogP) is 2.46. The molecule has 1 heterocycles. The van der Waals surface area contributed by atoms with E-state index in [4.69, 9.17) is 22.2 Å². The molecule has 0 aliphatic carbocycles. The second-order valence-electron chi connectivity index (χ2n) is 2.11. The average molecular weight is 183 g/mol. The van der Waals surface area contributed by atoms with Crippen molar-refractivity contribution in [3.05, 3.63) is 0 Å². The van der Waals surface area contributed by atoms with Gasteiger partial charge < -0.3 is 0 Å². The molecule has 0 saturated carbocycles. The van der Waals surface area contributed by atoms with E-state index in [1.54, 1.807) is 0 Å². The Hall–Kier alpha value is 1.01. The van der Waals surface area contributed by atoms with Crippen LogP contribution in [-0.2, 0) is 0 Å². The van der Waals surface area contributed by atoms with Crippen molar-refractivity contribution in [3.63, 3.8) is 0 Å². The van der Waals surface area contributed by atoms with E-state index < -0.39 is 6.69 Å². The van der Waals surface area contributed by atoms with Gasteiger partial charge in [-0.2, -0.15) is 0 Å². The molecule has 1 fully saturated rings. The molecule has 0 aromatic rings. The van der Waals surface area contributed by atoms with Gasteiger partial charge in [-0.1, -0.05) is 12.1 Å². The van der Waals surface area contributed by atoms with Crippen molar-refractivity contribution >= 4 is 38.4 Å². The first-order chi connectivity index (χ1) is 3.71. The number of rotatable bonds is 0. The minimum Gasteiger partial charge on any atom is -0.146 e. The highest BCUT2D eigenvalue weighted by atomic mass is 35.7. The van der Waals surface area contributed by atoms with E-state index in [1.807, 2.05) is 0 Å². The summed E-state index contributed by atoms with van der Waals surface area (Å²) in [6.45, 7) is -1.64. The highest BCUT2D eigenvalue weighted by Crippen LogP contribution is 2.32. The Labute approximate surface area is 62.8 Å². The summed E-state index contributed by atoms with van der Waals surface area (Å²) in [7, 11) is 1.13. The highest BCUT2D eigenvalue weighted by molar-refractivity contribution is 7.45. The van der Waals surface area contributed by atoms with Gasteiger partial charge in [0.15, 0.2) is 0 Å². The summed E-state index contributed by atoms with van der Waals surface area (Å²) in [6, 6.07) is 4.85. The average Bonchev–Trinajstić information content (AvgIpc) is 1.65. The van der Waals surface area contributed by atoms with Crippen LogP contribution in [0.15, 0.2) is 0 Å². The molecule has 1 saturated heterocycles. The van der Waals surface area contributed by atoms with Crippen LogP contribution < -0.4 is 0 Å². The fraction of sp³-hybridized carbons (Fsp3) is 1.00. The Bertz CT molecular complexity index is 76.1. The van der Waals surface area contributed by atoms with E-state index in [2.05, 4.69) is 0 Å².